The average molecular weight is 353 g/mol. The van der Waals surface area contributed by atoms with E-state index in [1.54, 1.807) is 12.0 Å². The predicted octanol–water partition coefficient (Wildman–Crippen LogP) is 2.95. The van der Waals surface area contributed by atoms with Crippen LogP contribution in [0.2, 0.25) is 0 Å². The van der Waals surface area contributed by atoms with E-state index in [1.807, 2.05) is 54.6 Å². The molecule has 3 rings (SSSR count). The van der Waals surface area contributed by atoms with E-state index in [0.717, 1.165) is 16.9 Å². The molecule has 1 amide bonds. The quantitative estimate of drug-likeness (QED) is 0.867. The minimum Gasteiger partial charge on any atom is -0.497 e. The van der Waals surface area contributed by atoms with Crippen molar-refractivity contribution in [3.8, 4) is 5.75 Å². The number of amides is 1. The topological polar surface area (TPSA) is 66.8 Å². The number of methoxy groups -OCH3 is 1. The zero-order valence-corrected chi connectivity index (χ0v) is 14.8. The van der Waals surface area contributed by atoms with Crippen LogP contribution in [0.15, 0.2) is 54.6 Å². The number of aryl methyl sites for hydroxylation is 1. The van der Waals surface area contributed by atoms with Gasteiger partial charge in [0.05, 0.1) is 13.0 Å². The number of carboxylic acids is 1. The summed E-state index contributed by atoms with van der Waals surface area (Å²) in [6.07, 6.45) is 1.01. The van der Waals surface area contributed by atoms with Crippen molar-refractivity contribution in [2.75, 3.05) is 20.2 Å². The molecule has 0 radical (unpaired) electrons. The first-order valence-electron chi connectivity index (χ1n) is 8.77. The van der Waals surface area contributed by atoms with E-state index in [0.29, 0.717) is 19.4 Å². The molecule has 1 aliphatic heterocycles. The highest BCUT2D eigenvalue weighted by Gasteiger charge is 2.40. The summed E-state index contributed by atoms with van der Waals surface area (Å²) in [6.45, 7) is 0.735. The Bertz CT molecular complexity index is 757. The number of hydrogen-bond acceptors (Lipinski definition) is 3. The molecular formula is C21H23NO4. The average Bonchev–Trinajstić information content (AvgIpc) is 3.13. The number of nitrogens with zero attached hydrogens (tertiary/aromatic N) is 1. The van der Waals surface area contributed by atoms with E-state index in [2.05, 4.69) is 0 Å². The Morgan fingerprint density at radius 3 is 2.38 bits per heavy atom. The van der Waals surface area contributed by atoms with Crippen molar-refractivity contribution in [3.63, 3.8) is 0 Å². The van der Waals surface area contributed by atoms with Crippen molar-refractivity contribution >= 4 is 11.9 Å². The lowest BCUT2D eigenvalue weighted by Crippen LogP contribution is -2.30. The van der Waals surface area contributed by atoms with Crippen molar-refractivity contribution in [3.05, 3.63) is 65.7 Å². The third kappa shape index (κ3) is 4.04. The second-order valence-corrected chi connectivity index (χ2v) is 6.61. The smallest absolute Gasteiger partial charge is 0.308 e. The highest BCUT2D eigenvalue weighted by Crippen LogP contribution is 2.33. The molecule has 0 aliphatic carbocycles. The number of rotatable bonds is 6. The minimum absolute atomic E-state index is 0.00509. The first kappa shape index (κ1) is 18.0. The second kappa shape index (κ2) is 8.04. The van der Waals surface area contributed by atoms with Crippen molar-refractivity contribution in [1.29, 1.82) is 0 Å². The first-order chi connectivity index (χ1) is 12.6. The van der Waals surface area contributed by atoms with Crippen molar-refractivity contribution in [2.45, 2.75) is 18.8 Å². The van der Waals surface area contributed by atoms with Gasteiger partial charge in [0, 0.05) is 25.4 Å². The summed E-state index contributed by atoms with van der Waals surface area (Å²) in [5, 5.41) is 9.55. The van der Waals surface area contributed by atoms with Crippen LogP contribution in [0.5, 0.6) is 5.75 Å². The predicted molar refractivity (Wildman–Crippen MR) is 98.2 cm³/mol. The Balaban J connectivity index is 1.63. The Hall–Kier alpha value is -2.82. The maximum Gasteiger partial charge on any atom is 0.308 e. The van der Waals surface area contributed by atoms with Crippen LogP contribution in [0.1, 0.15) is 23.5 Å². The molecule has 2 aromatic carbocycles. The van der Waals surface area contributed by atoms with Gasteiger partial charge in [-0.05, 0) is 29.7 Å². The summed E-state index contributed by atoms with van der Waals surface area (Å²) in [4.78, 5) is 25.9. The van der Waals surface area contributed by atoms with E-state index in [9.17, 15) is 14.7 Å². The lowest BCUT2D eigenvalue weighted by Gasteiger charge is -2.16. The summed E-state index contributed by atoms with van der Waals surface area (Å²) in [5.41, 5.74) is 2.04. The molecule has 5 nitrogen and oxygen atoms in total. The van der Waals surface area contributed by atoms with E-state index in [4.69, 9.17) is 4.74 Å². The Morgan fingerprint density at radius 2 is 1.77 bits per heavy atom. The molecule has 5 heteroatoms. The second-order valence-electron chi connectivity index (χ2n) is 6.61. The number of aliphatic carboxylic acids is 1. The normalized spacial score (nSPS) is 19.3. The van der Waals surface area contributed by atoms with E-state index in [1.165, 1.54) is 0 Å². The van der Waals surface area contributed by atoms with Gasteiger partial charge in [0.1, 0.15) is 5.75 Å². The Kier molecular flexibility index (Phi) is 5.56. The van der Waals surface area contributed by atoms with Crippen LogP contribution in [0.4, 0.5) is 0 Å². The van der Waals surface area contributed by atoms with Crippen molar-refractivity contribution in [2.24, 2.45) is 5.92 Å². The van der Waals surface area contributed by atoms with Gasteiger partial charge in [-0.2, -0.15) is 0 Å². The van der Waals surface area contributed by atoms with Gasteiger partial charge < -0.3 is 14.7 Å². The molecule has 0 bridgehead atoms. The van der Waals surface area contributed by atoms with Crippen molar-refractivity contribution < 1.29 is 19.4 Å². The zero-order valence-electron chi connectivity index (χ0n) is 14.8. The van der Waals surface area contributed by atoms with E-state index < -0.39 is 11.9 Å². The molecule has 1 N–H and O–H groups in total. The monoisotopic (exact) mass is 353 g/mol. The third-order valence-electron chi connectivity index (χ3n) is 5.00. The van der Waals surface area contributed by atoms with E-state index >= 15 is 0 Å². The fraction of sp³-hybridized carbons (Fsp3) is 0.333. The number of benzene rings is 2. The standard InChI is InChI=1S/C21H23NO4/c1-26-17-10-7-15(8-11-17)9-12-20(23)22-13-18(19(14-22)21(24)25)16-5-3-2-4-6-16/h2-8,10-11,18-19H,9,12-14H2,1H3,(H,24,25). The molecule has 1 fully saturated rings. The molecule has 0 spiro atoms. The number of hydrogen-bond donors (Lipinski definition) is 1. The molecule has 0 aromatic heterocycles. The fourth-order valence-electron chi connectivity index (χ4n) is 3.50. The number of carbonyl (C=O) groups is 2. The molecule has 2 unspecified atom stereocenters. The summed E-state index contributed by atoms with van der Waals surface area (Å²) in [6, 6.07) is 17.2. The van der Waals surface area contributed by atoms with Gasteiger partial charge >= 0.3 is 5.97 Å². The Morgan fingerprint density at radius 1 is 1.08 bits per heavy atom. The summed E-state index contributed by atoms with van der Waals surface area (Å²) < 4.78 is 5.13. The molecule has 136 valence electrons. The molecule has 1 heterocycles. The SMILES string of the molecule is COc1ccc(CCC(=O)N2CC(C(=O)O)C(c3ccccc3)C2)cc1. The number of carbonyl (C=O) groups excluding carboxylic acids is 1. The summed E-state index contributed by atoms with van der Waals surface area (Å²) in [7, 11) is 1.62. The highest BCUT2D eigenvalue weighted by molar-refractivity contribution is 5.80. The molecule has 1 aliphatic rings. The van der Waals surface area contributed by atoms with Crippen LogP contribution >= 0.6 is 0 Å². The number of likely N-dealkylation sites (tertiary alicyclic amines) is 1. The Labute approximate surface area is 153 Å². The molecule has 2 aromatic rings. The fourth-order valence-corrected chi connectivity index (χ4v) is 3.50. The number of ether oxygens (including phenoxy) is 1. The first-order valence-corrected chi connectivity index (χ1v) is 8.77. The van der Waals surface area contributed by atoms with Gasteiger partial charge in [-0.15, -0.1) is 0 Å². The lowest BCUT2D eigenvalue weighted by atomic mass is 9.89. The summed E-state index contributed by atoms with van der Waals surface area (Å²) >= 11 is 0. The van der Waals surface area contributed by atoms with Gasteiger partial charge in [-0.25, -0.2) is 0 Å². The van der Waals surface area contributed by atoms with Crippen LogP contribution in [-0.4, -0.2) is 42.1 Å². The molecule has 2 atom stereocenters. The molecule has 26 heavy (non-hydrogen) atoms. The minimum atomic E-state index is -0.843. The largest absolute Gasteiger partial charge is 0.497 e. The maximum absolute atomic E-state index is 12.6. The van der Waals surface area contributed by atoms with Gasteiger partial charge in [0.25, 0.3) is 0 Å². The highest BCUT2D eigenvalue weighted by atomic mass is 16.5. The van der Waals surface area contributed by atoms with Gasteiger partial charge in [-0.3, -0.25) is 9.59 Å². The van der Waals surface area contributed by atoms with Gasteiger partial charge in [0.15, 0.2) is 0 Å². The molecule has 0 saturated carbocycles. The molecular weight excluding hydrogens is 330 g/mol. The number of carboxylic acid groups (broad SMARTS) is 1. The van der Waals surface area contributed by atoms with Gasteiger partial charge in [-0.1, -0.05) is 42.5 Å². The van der Waals surface area contributed by atoms with Gasteiger partial charge in [0.2, 0.25) is 5.91 Å². The zero-order chi connectivity index (χ0) is 18.5. The van der Waals surface area contributed by atoms with Crippen molar-refractivity contribution in [1.82, 2.24) is 4.90 Å². The van der Waals surface area contributed by atoms with Crippen LogP contribution in [0, 0.1) is 5.92 Å². The summed E-state index contributed by atoms with van der Waals surface area (Å²) in [5.74, 6) is -0.759. The lowest BCUT2D eigenvalue weighted by molar-refractivity contribution is -0.141. The maximum atomic E-state index is 12.6. The van der Waals surface area contributed by atoms with Crippen LogP contribution in [-0.2, 0) is 16.0 Å². The van der Waals surface area contributed by atoms with Crippen LogP contribution in [0.3, 0.4) is 0 Å². The van der Waals surface area contributed by atoms with E-state index in [-0.39, 0.29) is 18.4 Å². The third-order valence-corrected chi connectivity index (χ3v) is 5.00. The van der Waals surface area contributed by atoms with Crippen LogP contribution in [0.25, 0.3) is 0 Å². The van der Waals surface area contributed by atoms with Crippen LogP contribution < -0.4 is 4.74 Å². The molecule has 1 saturated heterocycles.